The highest BCUT2D eigenvalue weighted by molar-refractivity contribution is 5.75. The number of aliphatic carboxylic acids is 1. The molecule has 1 aromatic rings. The molecule has 0 aliphatic carbocycles. The van der Waals surface area contributed by atoms with E-state index in [1.165, 1.54) is 0 Å². The van der Waals surface area contributed by atoms with E-state index in [0.29, 0.717) is 38.0 Å². The summed E-state index contributed by atoms with van der Waals surface area (Å²) in [5, 5.41) is 18.2. The number of hydrogen-bond donors (Lipinski definition) is 1. The molecule has 1 fully saturated rings. The van der Waals surface area contributed by atoms with Crippen molar-refractivity contribution in [2.75, 3.05) is 18.0 Å². The average Bonchev–Trinajstić information content (AvgIpc) is 2.47. The van der Waals surface area contributed by atoms with Gasteiger partial charge in [-0.15, -0.1) is 0 Å². The van der Waals surface area contributed by atoms with Crippen molar-refractivity contribution >= 4 is 11.7 Å². The predicted octanol–water partition coefficient (Wildman–Crippen LogP) is 2.03. The van der Waals surface area contributed by atoms with E-state index in [-0.39, 0.29) is 0 Å². The van der Waals surface area contributed by atoms with E-state index < -0.39 is 11.4 Å². The van der Waals surface area contributed by atoms with E-state index in [1.54, 1.807) is 12.3 Å². The summed E-state index contributed by atoms with van der Waals surface area (Å²) in [6, 6.07) is 5.63. The van der Waals surface area contributed by atoms with Crippen LogP contribution in [-0.2, 0) is 4.79 Å². The van der Waals surface area contributed by atoms with Crippen molar-refractivity contribution in [1.82, 2.24) is 4.98 Å². The fourth-order valence-electron chi connectivity index (χ4n) is 2.59. The average molecular weight is 259 g/mol. The highest BCUT2D eigenvalue weighted by Gasteiger charge is 2.39. The molecule has 0 radical (unpaired) electrons. The Kier molecular flexibility index (Phi) is 3.70. The summed E-state index contributed by atoms with van der Waals surface area (Å²) in [6.45, 7) is 3.34. The van der Waals surface area contributed by atoms with E-state index >= 15 is 0 Å². The van der Waals surface area contributed by atoms with Gasteiger partial charge in [0.15, 0.2) is 0 Å². The molecule has 1 aliphatic heterocycles. The summed E-state index contributed by atoms with van der Waals surface area (Å²) in [7, 11) is 0. The topological polar surface area (TPSA) is 77.2 Å². The van der Waals surface area contributed by atoms with Crippen LogP contribution in [-0.4, -0.2) is 29.1 Å². The van der Waals surface area contributed by atoms with Gasteiger partial charge in [-0.2, -0.15) is 5.26 Å². The zero-order chi connectivity index (χ0) is 13.9. The third-order valence-corrected chi connectivity index (χ3v) is 4.07. The lowest BCUT2D eigenvalue weighted by Crippen LogP contribution is -2.44. The Labute approximate surface area is 112 Å². The van der Waals surface area contributed by atoms with Gasteiger partial charge >= 0.3 is 5.97 Å². The maximum Gasteiger partial charge on any atom is 0.309 e. The van der Waals surface area contributed by atoms with Crippen molar-refractivity contribution in [3.05, 3.63) is 24.0 Å². The molecule has 100 valence electrons. The normalized spacial score (nSPS) is 17.8. The molecular weight excluding hydrogens is 242 g/mol. The second-order valence-corrected chi connectivity index (χ2v) is 4.94. The summed E-state index contributed by atoms with van der Waals surface area (Å²) in [5.41, 5.74) is 0.756. The van der Waals surface area contributed by atoms with Gasteiger partial charge < -0.3 is 10.0 Å². The Morgan fingerprint density at radius 1 is 1.58 bits per heavy atom. The number of pyridine rings is 1. The molecule has 19 heavy (non-hydrogen) atoms. The number of hydrogen-bond acceptors (Lipinski definition) is 4. The molecule has 0 saturated carbocycles. The first-order chi connectivity index (χ1) is 9.11. The second-order valence-electron chi connectivity index (χ2n) is 4.94. The van der Waals surface area contributed by atoms with Gasteiger partial charge in [0.1, 0.15) is 11.8 Å². The van der Waals surface area contributed by atoms with Crippen molar-refractivity contribution in [3.63, 3.8) is 0 Å². The Hall–Kier alpha value is -2.09. The molecule has 0 aromatic carbocycles. The minimum Gasteiger partial charge on any atom is -0.481 e. The van der Waals surface area contributed by atoms with Crippen LogP contribution in [0.25, 0.3) is 0 Å². The maximum atomic E-state index is 11.4. The standard InChI is InChI=1S/C14H17N3O2/c1-2-14(13(18)19)4-7-17(8-5-14)12-3-6-16-11(9-12)10-15/h3,6,9H,2,4-5,7-8H2,1H3,(H,18,19). The predicted molar refractivity (Wildman–Crippen MR) is 70.8 cm³/mol. The van der Waals surface area contributed by atoms with Crippen LogP contribution in [0, 0.1) is 16.7 Å². The van der Waals surface area contributed by atoms with E-state index in [1.807, 2.05) is 19.1 Å². The number of piperidine rings is 1. The van der Waals surface area contributed by atoms with E-state index in [2.05, 4.69) is 9.88 Å². The monoisotopic (exact) mass is 259 g/mol. The fourth-order valence-corrected chi connectivity index (χ4v) is 2.59. The number of carboxylic acids is 1. The van der Waals surface area contributed by atoms with Gasteiger partial charge in [0.2, 0.25) is 0 Å². The number of anilines is 1. The summed E-state index contributed by atoms with van der Waals surface area (Å²) in [4.78, 5) is 17.4. The zero-order valence-corrected chi connectivity index (χ0v) is 11.0. The Morgan fingerprint density at radius 3 is 2.79 bits per heavy atom. The molecule has 1 saturated heterocycles. The highest BCUT2D eigenvalue weighted by Crippen LogP contribution is 2.36. The molecule has 0 spiro atoms. The Morgan fingerprint density at radius 2 is 2.26 bits per heavy atom. The molecule has 0 bridgehead atoms. The van der Waals surface area contributed by atoms with Crippen LogP contribution in [0.5, 0.6) is 0 Å². The number of nitrogens with zero attached hydrogens (tertiary/aromatic N) is 3. The molecule has 5 nitrogen and oxygen atoms in total. The quantitative estimate of drug-likeness (QED) is 0.898. The van der Waals surface area contributed by atoms with E-state index in [4.69, 9.17) is 5.26 Å². The van der Waals surface area contributed by atoms with Crippen LogP contribution in [0.1, 0.15) is 31.9 Å². The van der Waals surface area contributed by atoms with Crippen LogP contribution in [0.4, 0.5) is 5.69 Å². The Bertz CT molecular complexity index is 514. The molecule has 0 amide bonds. The smallest absolute Gasteiger partial charge is 0.309 e. The first kappa shape index (κ1) is 13.3. The molecule has 1 aromatic heterocycles. The molecular formula is C14H17N3O2. The first-order valence-electron chi connectivity index (χ1n) is 6.46. The summed E-state index contributed by atoms with van der Waals surface area (Å²) in [5.74, 6) is -0.693. The third kappa shape index (κ3) is 2.53. The van der Waals surface area contributed by atoms with E-state index in [9.17, 15) is 9.90 Å². The van der Waals surface area contributed by atoms with Crippen molar-refractivity contribution in [2.45, 2.75) is 26.2 Å². The molecule has 0 atom stereocenters. The number of aromatic nitrogens is 1. The first-order valence-corrected chi connectivity index (χ1v) is 6.46. The highest BCUT2D eigenvalue weighted by atomic mass is 16.4. The minimum atomic E-state index is -0.693. The van der Waals surface area contributed by atoms with Gasteiger partial charge in [0.05, 0.1) is 5.41 Å². The van der Waals surface area contributed by atoms with Crippen LogP contribution < -0.4 is 4.90 Å². The van der Waals surface area contributed by atoms with Crippen LogP contribution in [0.3, 0.4) is 0 Å². The SMILES string of the molecule is CCC1(C(=O)O)CCN(c2ccnc(C#N)c2)CC1. The van der Waals surface area contributed by atoms with Gasteiger partial charge in [-0.25, -0.2) is 4.98 Å². The number of nitriles is 1. The third-order valence-electron chi connectivity index (χ3n) is 4.07. The number of carboxylic acid groups (broad SMARTS) is 1. The molecule has 2 heterocycles. The fraction of sp³-hybridized carbons (Fsp3) is 0.500. The molecule has 2 rings (SSSR count). The minimum absolute atomic E-state index is 0.392. The summed E-state index contributed by atoms with van der Waals surface area (Å²) < 4.78 is 0. The van der Waals surface area contributed by atoms with Gasteiger partial charge in [-0.1, -0.05) is 6.92 Å². The lowest BCUT2D eigenvalue weighted by atomic mass is 9.76. The van der Waals surface area contributed by atoms with Crippen LogP contribution in [0.15, 0.2) is 18.3 Å². The van der Waals surface area contributed by atoms with Gasteiger partial charge in [-0.3, -0.25) is 4.79 Å². The van der Waals surface area contributed by atoms with Crippen LogP contribution >= 0.6 is 0 Å². The summed E-state index contributed by atoms with van der Waals surface area (Å²) in [6.07, 6.45) is 3.56. The lowest BCUT2D eigenvalue weighted by Gasteiger charge is -2.39. The molecule has 0 unspecified atom stereocenters. The zero-order valence-electron chi connectivity index (χ0n) is 11.0. The number of rotatable bonds is 3. The maximum absolute atomic E-state index is 11.4. The van der Waals surface area contributed by atoms with Crippen molar-refractivity contribution in [3.8, 4) is 6.07 Å². The van der Waals surface area contributed by atoms with Gasteiger partial charge in [0.25, 0.3) is 0 Å². The molecule has 1 aliphatic rings. The van der Waals surface area contributed by atoms with Crippen molar-refractivity contribution in [1.29, 1.82) is 5.26 Å². The summed E-state index contributed by atoms with van der Waals surface area (Å²) >= 11 is 0. The Balaban J connectivity index is 2.11. The number of carbonyl (C=O) groups is 1. The van der Waals surface area contributed by atoms with Gasteiger partial charge in [-0.05, 0) is 31.4 Å². The largest absolute Gasteiger partial charge is 0.481 e. The lowest BCUT2D eigenvalue weighted by molar-refractivity contribution is -0.150. The molecule has 1 N–H and O–H groups in total. The van der Waals surface area contributed by atoms with Gasteiger partial charge in [0, 0.05) is 25.0 Å². The van der Waals surface area contributed by atoms with Crippen molar-refractivity contribution < 1.29 is 9.90 Å². The van der Waals surface area contributed by atoms with E-state index in [0.717, 1.165) is 5.69 Å². The van der Waals surface area contributed by atoms with Crippen molar-refractivity contribution in [2.24, 2.45) is 5.41 Å². The molecule has 5 heteroatoms. The van der Waals surface area contributed by atoms with Crippen LogP contribution in [0.2, 0.25) is 0 Å². The second kappa shape index (κ2) is 5.27.